The third-order valence-corrected chi connectivity index (χ3v) is 4.82. The van der Waals surface area contributed by atoms with Gasteiger partial charge in [-0.25, -0.2) is 17.9 Å². The number of carboxylic acid groups (broad SMARTS) is 1. The van der Waals surface area contributed by atoms with Crippen molar-refractivity contribution in [3.05, 3.63) is 29.8 Å². The normalized spacial score (nSPS) is 15.4. The number of carbonyl (C=O) groups excluding carboxylic acids is 1. The Balaban J connectivity index is 2.11. The Hall–Kier alpha value is -1.93. The van der Waals surface area contributed by atoms with Gasteiger partial charge in [0.1, 0.15) is 5.54 Å². The minimum absolute atomic E-state index is 0.00402. The maximum Gasteiger partial charge on any atom is 0.328 e. The molecule has 8 heteroatoms. The summed E-state index contributed by atoms with van der Waals surface area (Å²) in [5.41, 5.74) is -1.21. The summed E-state index contributed by atoms with van der Waals surface area (Å²) in [6.07, 6.45) is 1.67. The van der Waals surface area contributed by atoms with Crippen LogP contribution < -0.4 is 10.0 Å². The topological polar surface area (TPSA) is 113 Å². The van der Waals surface area contributed by atoms with Gasteiger partial charge in [0.25, 0.3) is 5.91 Å². The summed E-state index contributed by atoms with van der Waals surface area (Å²) in [5.74, 6) is -1.74. The van der Waals surface area contributed by atoms with Gasteiger partial charge in [0.05, 0.1) is 4.90 Å². The average molecular weight is 326 g/mol. The predicted octanol–water partition coefficient (Wildman–Crippen LogP) is 0.720. The number of nitrogens with one attached hydrogen (secondary N) is 2. The van der Waals surface area contributed by atoms with Gasteiger partial charge >= 0.3 is 5.97 Å². The van der Waals surface area contributed by atoms with Crippen LogP contribution in [-0.2, 0) is 14.8 Å². The predicted molar refractivity (Wildman–Crippen MR) is 79.0 cm³/mol. The second-order valence-electron chi connectivity index (χ2n) is 5.80. The van der Waals surface area contributed by atoms with Gasteiger partial charge in [-0.3, -0.25) is 4.79 Å². The standard InChI is InChI=1S/C14H18N2O5S/c1-14(2,13(18)19)15-12(17)9-3-7-11(8-4-9)22(20,21)16-10-5-6-10/h3-4,7-8,10,16H,5-6H2,1-2H3,(H,15,17)(H,18,19). The number of carboxylic acids is 1. The first kappa shape index (κ1) is 16.4. The van der Waals surface area contributed by atoms with Crippen LogP contribution >= 0.6 is 0 Å². The third kappa shape index (κ3) is 3.83. The Morgan fingerprint density at radius 3 is 2.18 bits per heavy atom. The molecular weight excluding hydrogens is 308 g/mol. The van der Waals surface area contributed by atoms with E-state index >= 15 is 0 Å². The molecule has 120 valence electrons. The highest BCUT2D eigenvalue weighted by Crippen LogP contribution is 2.22. The molecule has 0 radical (unpaired) electrons. The molecular formula is C14H18N2O5S. The number of aliphatic carboxylic acids is 1. The molecule has 0 unspecified atom stereocenters. The zero-order valence-corrected chi connectivity index (χ0v) is 13.1. The quantitative estimate of drug-likeness (QED) is 0.713. The average Bonchev–Trinajstić information content (AvgIpc) is 3.21. The molecule has 0 heterocycles. The summed E-state index contributed by atoms with van der Waals surface area (Å²) >= 11 is 0. The van der Waals surface area contributed by atoms with Gasteiger partial charge in [-0.1, -0.05) is 0 Å². The first-order valence-corrected chi connectivity index (χ1v) is 8.28. The minimum Gasteiger partial charge on any atom is -0.480 e. The van der Waals surface area contributed by atoms with Crippen molar-refractivity contribution in [2.75, 3.05) is 0 Å². The van der Waals surface area contributed by atoms with Gasteiger partial charge in [0.2, 0.25) is 10.0 Å². The highest BCUT2D eigenvalue weighted by atomic mass is 32.2. The van der Waals surface area contributed by atoms with Gasteiger partial charge < -0.3 is 10.4 Å². The van der Waals surface area contributed by atoms with Crippen LogP contribution in [0.25, 0.3) is 0 Å². The highest BCUT2D eigenvalue weighted by molar-refractivity contribution is 7.89. The Kier molecular flexibility index (Phi) is 4.25. The Morgan fingerprint density at radius 1 is 1.18 bits per heavy atom. The van der Waals surface area contributed by atoms with Crippen LogP contribution in [0.2, 0.25) is 0 Å². The first-order chi connectivity index (χ1) is 10.1. The van der Waals surface area contributed by atoms with Crippen LogP contribution in [0.1, 0.15) is 37.0 Å². The fourth-order valence-corrected chi connectivity index (χ4v) is 2.99. The van der Waals surface area contributed by atoms with E-state index in [9.17, 15) is 18.0 Å². The van der Waals surface area contributed by atoms with E-state index in [1.165, 1.54) is 38.1 Å². The number of carbonyl (C=O) groups is 2. The molecule has 0 saturated heterocycles. The van der Waals surface area contributed by atoms with Crippen molar-refractivity contribution >= 4 is 21.9 Å². The molecule has 1 fully saturated rings. The van der Waals surface area contributed by atoms with Crippen molar-refractivity contribution in [2.24, 2.45) is 0 Å². The zero-order valence-electron chi connectivity index (χ0n) is 12.3. The van der Waals surface area contributed by atoms with Crippen molar-refractivity contribution in [3.63, 3.8) is 0 Å². The number of hydrogen-bond acceptors (Lipinski definition) is 4. The van der Waals surface area contributed by atoms with Gasteiger partial charge in [-0.2, -0.15) is 0 Å². The molecule has 2 rings (SSSR count). The fraction of sp³-hybridized carbons (Fsp3) is 0.429. The lowest BCUT2D eigenvalue weighted by atomic mass is 10.1. The molecule has 7 nitrogen and oxygen atoms in total. The van der Waals surface area contributed by atoms with E-state index in [1.807, 2.05) is 0 Å². The molecule has 1 aliphatic carbocycles. The number of benzene rings is 1. The molecule has 1 amide bonds. The van der Waals surface area contributed by atoms with Crippen molar-refractivity contribution in [1.29, 1.82) is 0 Å². The van der Waals surface area contributed by atoms with Gasteiger partial charge in [0.15, 0.2) is 0 Å². The molecule has 1 aromatic carbocycles. The molecule has 3 N–H and O–H groups in total. The van der Waals surface area contributed by atoms with Crippen LogP contribution in [0.15, 0.2) is 29.2 Å². The smallest absolute Gasteiger partial charge is 0.328 e. The first-order valence-electron chi connectivity index (χ1n) is 6.80. The summed E-state index contributed by atoms with van der Waals surface area (Å²) in [5, 5.41) is 11.3. The summed E-state index contributed by atoms with van der Waals surface area (Å²) < 4.78 is 26.5. The van der Waals surface area contributed by atoms with E-state index in [0.29, 0.717) is 0 Å². The van der Waals surface area contributed by atoms with E-state index in [1.54, 1.807) is 0 Å². The van der Waals surface area contributed by atoms with Crippen LogP contribution in [-0.4, -0.2) is 37.0 Å². The molecule has 0 aromatic heterocycles. The van der Waals surface area contributed by atoms with Gasteiger partial charge in [-0.15, -0.1) is 0 Å². The lowest BCUT2D eigenvalue weighted by Crippen LogP contribution is -2.49. The van der Waals surface area contributed by atoms with Gasteiger partial charge in [0, 0.05) is 11.6 Å². The van der Waals surface area contributed by atoms with E-state index in [0.717, 1.165) is 12.8 Å². The van der Waals surface area contributed by atoms with Crippen LogP contribution in [0.3, 0.4) is 0 Å². The molecule has 0 spiro atoms. The largest absolute Gasteiger partial charge is 0.480 e. The fourth-order valence-electron chi connectivity index (χ4n) is 1.68. The van der Waals surface area contributed by atoms with E-state index in [-0.39, 0.29) is 16.5 Å². The monoisotopic (exact) mass is 326 g/mol. The number of sulfonamides is 1. The summed E-state index contributed by atoms with van der Waals surface area (Å²) in [7, 11) is -3.56. The Bertz CT molecular complexity index is 690. The molecule has 0 aliphatic heterocycles. The van der Waals surface area contributed by atoms with Crippen LogP contribution in [0, 0.1) is 0 Å². The van der Waals surface area contributed by atoms with E-state index in [4.69, 9.17) is 5.11 Å². The summed E-state index contributed by atoms with van der Waals surface area (Å²) in [6.45, 7) is 2.73. The Labute approximate surface area is 128 Å². The lowest BCUT2D eigenvalue weighted by Gasteiger charge is -2.21. The van der Waals surface area contributed by atoms with Crippen molar-refractivity contribution in [2.45, 2.75) is 43.2 Å². The second kappa shape index (κ2) is 5.69. The maximum atomic E-state index is 12.0. The number of amides is 1. The van der Waals surface area contributed by atoms with Crippen molar-refractivity contribution in [3.8, 4) is 0 Å². The van der Waals surface area contributed by atoms with Gasteiger partial charge in [-0.05, 0) is 51.0 Å². The molecule has 22 heavy (non-hydrogen) atoms. The molecule has 1 saturated carbocycles. The van der Waals surface area contributed by atoms with Crippen LogP contribution in [0.5, 0.6) is 0 Å². The summed E-state index contributed by atoms with van der Waals surface area (Å²) in [6, 6.07) is 5.37. The zero-order chi connectivity index (χ0) is 16.5. The Morgan fingerprint density at radius 2 is 1.73 bits per heavy atom. The maximum absolute atomic E-state index is 12.0. The molecule has 0 atom stereocenters. The van der Waals surface area contributed by atoms with Crippen molar-refractivity contribution in [1.82, 2.24) is 10.0 Å². The lowest BCUT2D eigenvalue weighted by molar-refractivity contribution is -0.143. The minimum atomic E-state index is -3.56. The SMILES string of the molecule is CC(C)(NC(=O)c1ccc(S(=O)(=O)NC2CC2)cc1)C(=O)O. The molecule has 1 aromatic rings. The number of rotatable bonds is 6. The third-order valence-electron chi connectivity index (χ3n) is 3.29. The number of hydrogen-bond donors (Lipinski definition) is 3. The van der Waals surface area contributed by atoms with Crippen molar-refractivity contribution < 1.29 is 23.1 Å². The van der Waals surface area contributed by atoms with Crippen LogP contribution in [0.4, 0.5) is 0 Å². The molecule has 1 aliphatic rings. The van der Waals surface area contributed by atoms with E-state index < -0.39 is 27.4 Å². The highest BCUT2D eigenvalue weighted by Gasteiger charge is 2.30. The van der Waals surface area contributed by atoms with E-state index in [2.05, 4.69) is 10.0 Å². The molecule has 0 bridgehead atoms. The summed E-state index contributed by atoms with van der Waals surface area (Å²) in [4.78, 5) is 23.0. The second-order valence-corrected chi connectivity index (χ2v) is 7.52.